The number of hydrogen-bond donors (Lipinski definition) is 0. The van der Waals surface area contributed by atoms with Crippen molar-refractivity contribution in [3.8, 4) is 22.3 Å². The SMILES string of the molecule is Cc1cc(-c2ccc(S(C)(=O)=O)cc2)c(-c2ccc(Cl)cc2)c(=O)o1. The quantitative estimate of drug-likeness (QED) is 0.684. The van der Waals surface area contributed by atoms with Gasteiger partial charge in [0.1, 0.15) is 5.76 Å². The fourth-order valence-electron chi connectivity index (χ4n) is 2.61. The van der Waals surface area contributed by atoms with E-state index in [0.29, 0.717) is 27.5 Å². The molecule has 2 aromatic carbocycles. The number of aryl methyl sites for hydroxylation is 1. The Morgan fingerprint density at radius 3 is 2.04 bits per heavy atom. The van der Waals surface area contributed by atoms with E-state index in [1.807, 2.05) is 0 Å². The third kappa shape index (κ3) is 3.67. The minimum absolute atomic E-state index is 0.226. The van der Waals surface area contributed by atoms with Gasteiger partial charge >= 0.3 is 5.63 Å². The van der Waals surface area contributed by atoms with Crippen molar-refractivity contribution in [2.45, 2.75) is 11.8 Å². The number of sulfone groups is 1. The smallest absolute Gasteiger partial charge is 0.344 e. The molecule has 0 atom stereocenters. The molecule has 0 saturated carbocycles. The van der Waals surface area contributed by atoms with E-state index in [-0.39, 0.29) is 4.90 Å². The maximum atomic E-state index is 12.5. The van der Waals surface area contributed by atoms with Crippen molar-refractivity contribution in [1.29, 1.82) is 0 Å². The highest BCUT2D eigenvalue weighted by molar-refractivity contribution is 7.90. The summed E-state index contributed by atoms with van der Waals surface area (Å²) in [5, 5.41) is 0.569. The molecule has 3 rings (SSSR count). The topological polar surface area (TPSA) is 64.3 Å². The lowest BCUT2D eigenvalue weighted by Crippen LogP contribution is -2.06. The van der Waals surface area contributed by atoms with Gasteiger partial charge in [0.15, 0.2) is 9.84 Å². The zero-order chi connectivity index (χ0) is 18.2. The van der Waals surface area contributed by atoms with Crippen LogP contribution in [0.4, 0.5) is 0 Å². The number of hydrogen-bond acceptors (Lipinski definition) is 4. The van der Waals surface area contributed by atoms with Crippen molar-refractivity contribution in [2.24, 2.45) is 0 Å². The van der Waals surface area contributed by atoms with Gasteiger partial charge in [0.2, 0.25) is 0 Å². The van der Waals surface area contributed by atoms with Crippen LogP contribution in [-0.2, 0) is 9.84 Å². The van der Waals surface area contributed by atoms with Gasteiger partial charge in [0.05, 0.1) is 10.5 Å². The second-order valence-corrected chi connectivity index (χ2v) is 8.19. The minimum atomic E-state index is -3.28. The summed E-state index contributed by atoms with van der Waals surface area (Å²) in [7, 11) is -3.28. The van der Waals surface area contributed by atoms with Gasteiger partial charge in [-0.1, -0.05) is 35.9 Å². The highest BCUT2D eigenvalue weighted by atomic mass is 35.5. The first-order valence-electron chi connectivity index (χ1n) is 7.47. The summed E-state index contributed by atoms with van der Waals surface area (Å²) in [6.07, 6.45) is 1.16. The second kappa shape index (κ2) is 6.50. The van der Waals surface area contributed by atoms with Gasteiger partial charge in [0.25, 0.3) is 0 Å². The monoisotopic (exact) mass is 374 g/mol. The van der Waals surface area contributed by atoms with Crippen molar-refractivity contribution in [3.05, 3.63) is 75.8 Å². The summed E-state index contributed by atoms with van der Waals surface area (Å²) in [4.78, 5) is 12.7. The molecule has 1 aromatic heterocycles. The highest BCUT2D eigenvalue weighted by Crippen LogP contribution is 2.31. The Balaban J connectivity index is 2.22. The van der Waals surface area contributed by atoms with E-state index < -0.39 is 15.5 Å². The van der Waals surface area contributed by atoms with Gasteiger partial charge in [-0.25, -0.2) is 13.2 Å². The van der Waals surface area contributed by atoms with Crippen molar-refractivity contribution in [3.63, 3.8) is 0 Å². The molecular weight excluding hydrogens is 360 g/mol. The van der Waals surface area contributed by atoms with Crippen LogP contribution in [0.15, 0.2) is 68.7 Å². The Hall–Kier alpha value is -2.37. The lowest BCUT2D eigenvalue weighted by Gasteiger charge is -2.10. The van der Waals surface area contributed by atoms with Gasteiger partial charge in [-0.05, 0) is 48.4 Å². The van der Waals surface area contributed by atoms with Gasteiger partial charge in [-0.2, -0.15) is 0 Å². The van der Waals surface area contributed by atoms with E-state index in [1.165, 1.54) is 12.1 Å². The molecule has 0 amide bonds. The molecule has 4 nitrogen and oxygen atoms in total. The molecule has 3 aromatic rings. The molecule has 0 radical (unpaired) electrons. The Kier molecular flexibility index (Phi) is 4.54. The standard InChI is InChI=1S/C19H15ClO4S/c1-12-11-17(13-5-9-16(10-6-13)25(2,22)23)18(19(21)24-12)14-3-7-15(20)8-4-14/h3-11H,1-2H3. The minimum Gasteiger partial charge on any atom is -0.428 e. The van der Waals surface area contributed by atoms with Crippen LogP contribution in [0, 0.1) is 6.92 Å². The molecule has 128 valence electrons. The molecule has 0 aliphatic rings. The second-order valence-electron chi connectivity index (χ2n) is 5.74. The molecule has 0 unspecified atom stereocenters. The summed E-state index contributed by atoms with van der Waals surface area (Å²) < 4.78 is 28.5. The average Bonchev–Trinajstić information content (AvgIpc) is 2.55. The molecule has 1 heterocycles. The first-order valence-corrected chi connectivity index (χ1v) is 9.74. The maximum Gasteiger partial charge on any atom is 0.344 e. The van der Waals surface area contributed by atoms with Crippen molar-refractivity contribution in [2.75, 3.05) is 6.26 Å². The van der Waals surface area contributed by atoms with Crippen LogP contribution in [0.5, 0.6) is 0 Å². The lowest BCUT2D eigenvalue weighted by atomic mass is 9.96. The summed E-state index contributed by atoms with van der Waals surface area (Å²) in [5.74, 6) is 0.477. The van der Waals surface area contributed by atoms with E-state index in [0.717, 1.165) is 11.8 Å². The Labute approximate surface area is 150 Å². The van der Waals surface area contributed by atoms with Crippen molar-refractivity contribution < 1.29 is 12.8 Å². The zero-order valence-corrected chi connectivity index (χ0v) is 15.2. The molecule has 0 saturated heterocycles. The normalized spacial score (nSPS) is 11.5. The van der Waals surface area contributed by atoms with Crippen LogP contribution >= 0.6 is 11.6 Å². The predicted octanol–water partition coefficient (Wildman–Crippen LogP) is 4.34. The fraction of sp³-hybridized carbons (Fsp3) is 0.105. The van der Waals surface area contributed by atoms with Crippen LogP contribution in [0.1, 0.15) is 5.76 Å². The summed E-state index contributed by atoms with van der Waals surface area (Å²) in [5.41, 5.74) is 2.05. The number of benzene rings is 2. The zero-order valence-electron chi connectivity index (χ0n) is 13.6. The van der Waals surface area contributed by atoms with E-state index >= 15 is 0 Å². The van der Waals surface area contributed by atoms with Gasteiger partial charge < -0.3 is 4.42 Å². The maximum absolute atomic E-state index is 12.5. The van der Waals surface area contributed by atoms with Crippen LogP contribution in [-0.4, -0.2) is 14.7 Å². The Morgan fingerprint density at radius 1 is 0.920 bits per heavy atom. The van der Waals surface area contributed by atoms with Crippen molar-refractivity contribution in [1.82, 2.24) is 0 Å². The van der Waals surface area contributed by atoms with Crippen molar-refractivity contribution >= 4 is 21.4 Å². The molecule has 0 fully saturated rings. The molecule has 0 bridgehead atoms. The summed E-state index contributed by atoms with van der Waals surface area (Å²) in [6, 6.07) is 15.1. The molecule has 0 N–H and O–H groups in total. The fourth-order valence-corrected chi connectivity index (χ4v) is 3.37. The molecule has 6 heteroatoms. The van der Waals surface area contributed by atoms with Crippen LogP contribution < -0.4 is 5.63 Å². The molecule has 25 heavy (non-hydrogen) atoms. The molecule has 0 spiro atoms. The van der Waals surface area contributed by atoms with E-state index in [2.05, 4.69) is 0 Å². The Bertz CT molecular complexity index is 1080. The largest absolute Gasteiger partial charge is 0.428 e. The molecule has 0 aliphatic heterocycles. The van der Waals surface area contributed by atoms with E-state index in [9.17, 15) is 13.2 Å². The third-order valence-electron chi connectivity index (χ3n) is 3.80. The lowest BCUT2D eigenvalue weighted by molar-refractivity contribution is 0.483. The van der Waals surface area contributed by atoms with Crippen LogP contribution in [0.2, 0.25) is 5.02 Å². The Morgan fingerprint density at radius 2 is 1.48 bits per heavy atom. The highest BCUT2D eigenvalue weighted by Gasteiger charge is 2.15. The van der Waals surface area contributed by atoms with E-state index in [4.69, 9.17) is 16.0 Å². The summed E-state index contributed by atoms with van der Waals surface area (Å²) in [6.45, 7) is 1.70. The predicted molar refractivity (Wildman–Crippen MR) is 98.7 cm³/mol. The first-order chi connectivity index (χ1) is 11.8. The first kappa shape index (κ1) is 17.5. The van der Waals surface area contributed by atoms with E-state index in [1.54, 1.807) is 49.4 Å². The van der Waals surface area contributed by atoms with Crippen LogP contribution in [0.3, 0.4) is 0 Å². The summed E-state index contributed by atoms with van der Waals surface area (Å²) >= 11 is 5.92. The molecular formula is C19H15ClO4S. The van der Waals surface area contributed by atoms with Gasteiger partial charge in [-0.3, -0.25) is 0 Å². The van der Waals surface area contributed by atoms with Gasteiger partial charge in [0, 0.05) is 16.8 Å². The van der Waals surface area contributed by atoms with Gasteiger partial charge in [-0.15, -0.1) is 0 Å². The average molecular weight is 375 g/mol. The van der Waals surface area contributed by atoms with Crippen LogP contribution in [0.25, 0.3) is 22.3 Å². The number of halogens is 1. The molecule has 0 aliphatic carbocycles. The third-order valence-corrected chi connectivity index (χ3v) is 5.18. The number of rotatable bonds is 3.